The van der Waals surface area contributed by atoms with Crippen molar-refractivity contribution in [3.63, 3.8) is 0 Å². The first-order valence-corrected chi connectivity index (χ1v) is 6.53. The van der Waals surface area contributed by atoms with Crippen LogP contribution in [0.2, 0.25) is 0 Å². The van der Waals surface area contributed by atoms with Crippen LogP contribution in [0.1, 0.15) is 22.0 Å². The number of carbonyl (C=O) groups is 1. The number of benzene rings is 2. The second kappa shape index (κ2) is 6.32. The van der Waals surface area contributed by atoms with E-state index in [2.05, 4.69) is 5.32 Å². The molecule has 0 saturated heterocycles. The monoisotopic (exact) mass is 304 g/mol. The number of carbonyl (C=O) groups excluding carboxylic acids is 1. The van der Waals surface area contributed by atoms with Crippen molar-refractivity contribution in [2.24, 2.45) is 5.73 Å². The summed E-state index contributed by atoms with van der Waals surface area (Å²) in [6, 6.07) is 11.4. The lowest BCUT2D eigenvalue weighted by Gasteiger charge is -2.18. The molecule has 0 aliphatic heterocycles. The molecule has 0 spiro atoms. The summed E-state index contributed by atoms with van der Waals surface area (Å²) in [5, 5.41) is 12.2. The number of hydrogen-bond donors (Lipinski definition) is 3. The molecule has 108 valence electrons. The van der Waals surface area contributed by atoms with Gasteiger partial charge in [0.2, 0.25) is 0 Å². The second-order valence-corrected chi connectivity index (χ2v) is 4.85. The van der Waals surface area contributed by atoms with Crippen LogP contribution in [-0.4, -0.2) is 16.0 Å². The number of amides is 1. The Hall–Kier alpha value is -2.47. The highest BCUT2D eigenvalue weighted by molar-refractivity contribution is 7.80. The van der Waals surface area contributed by atoms with Crippen LogP contribution in [-0.2, 0) is 0 Å². The minimum atomic E-state index is -0.668. The van der Waals surface area contributed by atoms with E-state index < -0.39 is 23.5 Å². The third kappa shape index (κ3) is 3.55. The van der Waals surface area contributed by atoms with Crippen LogP contribution in [0.4, 0.5) is 4.39 Å². The fourth-order valence-corrected chi connectivity index (χ4v) is 2.06. The molecule has 2 aromatic rings. The lowest BCUT2D eigenvalue weighted by molar-refractivity contribution is 0.0944. The van der Waals surface area contributed by atoms with Crippen molar-refractivity contribution in [1.29, 1.82) is 0 Å². The van der Waals surface area contributed by atoms with Crippen molar-refractivity contribution in [2.75, 3.05) is 0 Å². The molecule has 0 radical (unpaired) electrons. The number of phenols is 1. The highest BCUT2D eigenvalue weighted by Crippen LogP contribution is 2.20. The molecule has 6 heteroatoms. The van der Waals surface area contributed by atoms with E-state index in [1.807, 2.05) is 6.07 Å². The Morgan fingerprint density at radius 1 is 1.24 bits per heavy atom. The number of aromatic hydroxyl groups is 1. The lowest BCUT2D eigenvalue weighted by atomic mass is 10.1. The molecule has 21 heavy (non-hydrogen) atoms. The van der Waals surface area contributed by atoms with Gasteiger partial charge in [-0.05, 0) is 17.7 Å². The van der Waals surface area contributed by atoms with Gasteiger partial charge in [-0.2, -0.15) is 0 Å². The summed E-state index contributed by atoms with van der Waals surface area (Å²) in [5.41, 5.74) is 6.33. The van der Waals surface area contributed by atoms with Gasteiger partial charge >= 0.3 is 0 Å². The van der Waals surface area contributed by atoms with Crippen LogP contribution < -0.4 is 11.1 Å². The van der Waals surface area contributed by atoms with Gasteiger partial charge in [0.25, 0.3) is 5.91 Å². The zero-order chi connectivity index (χ0) is 15.4. The van der Waals surface area contributed by atoms with Crippen LogP contribution >= 0.6 is 12.2 Å². The molecule has 0 bridgehead atoms. The highest BCUT2D eigenvalue weighted by atomic mass is 32.1. The van der Waals surface area contributed by atoms with E-state index in [9.17, 15) is 14.3 Å². The van der Waals surface area contributed by atoms with Gasteiger partial charge in [0.1, 0.15) is 22.6 Å². The topological polar surface area (TPSA) is 75.3 Å². The normalized spacial score (nSPS) is 11.7. The molecule has 2 aromatic carbocycles. The molecule has 2 rings (SSSR count). The average molecular weight is 304 g/mol. The summed E-state index contributed by atoms with van der Waals surface area (Å²) in [5.74, 6) is -1.66. The third-order valence-corrected chi connectivity index (χ3v) is 3.13. The van der Waals surface area contributed by atoms with E-state index in [0.29, 0.717) is 0 Å². The fraction of sp³-hybridized carbons (Fsp3) is 0.0667. The van der Waals surface area contributed by atoms with E-state index >= 15 is 0 Å². The number of thiocarbonyl (C=S) groups is 1. The maximum absolute atomic E-state index is 12.9. The van der Waals surface area contributed by atoms with Gasteiger partial charge in [-0.1, -0.05) is 42.5 Å². The zero-order valence-electron chi connectivity index (χ0n) is 10.9. The summed E-state index contributed by atoms with van der Waals surface area (Å²) >= 11 is 4.96. The molecule has 1 unspecified atom stereocenters. The largest absolute Gasteiger partial charge is 0.507 e. The van der Waals surface area contributed by atoms with Gasteiger partial charge in [0, 0.05) is 6.07 Å². The second-order valence-electron chi connectivity index (χ2n) is 4.38. The van der Waals surface area contributed by atoms with Gasteiger partial charge in [-0.15, -0.1) is 0 Å². The predicted molar refractivity (Wildman–Crippen MR) is 81.5 cm³/mol. The summed E-state index contributed by atoms with van der Waals surface area (Å²) in [7, 11) is 0. The number of phenolic OH excluding ortho intramolecular Hbond substituents is 1. The Kier molecular flexibility index (Phi) is 4.49. The fourth-order valence-electron chi connectivity index (χ4n) is 1.87. The molecular formula is C15H13FN2O2S. The van der Waals surface area contributed by atoms with E-state index in [1.165, 1.54) is 6.07 Å². The Morgan fingerprint density at radius 2 is 1.90 bits per heavy atom. The number of rotatable bonds is 4. The quantitative estimate of drug-likeness (QED) is 0.758. The van der Waals surface area contributed by atoms with Gasteiger partial charge in [0.05, 0.1) is 5.56 Å². The third-order valence-electron chi connectivity index (χ3n) is 2.90. The standard InChI is InChI=1S/C15H13FN2O2S/c16-10-6-7-11(12(19)8-10)15(20)18-13(14(17)21)9-4-2-1-3-5-9/h1-8,13,19H,(H2,17,21)(H,18,20). The summed E-state index contributed by atoms with van der Waals surface area (Å²) in [6.07, 6.45) is 0. The van der Waals surface area contributed by atoms with Crippen molar-refractivity contribution in [2.45, 2.75) is 6.04 Å². The smallest absolute Gasteiger partial charge is 0.255 e. The molecular weight excluding hydrogens is 291 g/mol. The Labute approximate surface area is 126 Å². The number of halogens is 1. The first-order chi connectivity index (χ1) is 9.99. The van der Waals surface area contributed by atoms with E-state index in [4.69, 9.17) is 18.0 Å². The van der Waals surface area contributed by atoms with Crippen molar-refractivity contribution in [3.05, 3.63) is 65.5 Å². The predicted octanol–water partition coefficient (Wildman–Crippen LogP) is 2.29. The minimum Gasteiger partial charge on any atom is -0.507 e. The minimum absolute atomic E-state index is 0.0476. The van der Waals surface area contributed by atoms with E-state index in [1.54, 1.807) is 24.3 Å². The SMILES string of the molecule is NC(=S)C(NC(=O)c1ccc(F)cc1O)c1ccccc1. The molecule has 1 atom stereocenters. The molecule has 0 heterocycles. The first-order valence-electron chi connectivity index (χ1n) is 6.12. The van der Waals surface area contributed by atoms with Gasteiger partial charge in [-0.3, -0.25) is 4.79 Å². The Morgan fingerprint density at radius 3 is 2.48 bits per heavy atom. The summed E-state index contributed by atoms with van der Waals surface area (Å²) in [4.78, 5) is 12.2. The van der Waals surface area contributed by atoms with Crippen LogP contribution in [0.3, 0.4) is 0 Å². The molecule has 0 fully saturated rings. The Bertz CT molecular complexity index is 677. The number of nitrogens with one attached hydrogen (secondary N) is 1. The zero-order valence-corrected chi connectivity index (χ0v) is 11.7. The Balaban J connectivity index is 2.25. The maximum Gasteiger partial charge on any atom is 0.255 e. The van der Waals surface area contributed by atoms with Crippen LogP contribution in [0, 0.1) is 5.82 Å². The molecule has 4 nitrogen and oxygen atoms in total. The molecule has 1 amide bonds. The molecule has 4 N–H and O–H groups in total. The van der Waals surface area contributed by atoms with Gasteiger partial charge in [0.15, 0.2) is 0 Å². The molecule has 0 aliphatic carbocycles. The van der Waals surface area contributed by atoms with Crippen molar-refractivity contribution in [3.8, 4) is 5.75 Å². The van der Waals surface area contributed by atoms with Crippen LogP contribution in [0.15, 0.2) is 48.5 Å². The maximum atomic E-state index is 12.9. The number of hydrogen-bond acceptors (Lipinski definition) is 3. The van der Waals surface area contributed by atoms with Crippen LogP contribution in [0.5, 0.6) is 5.75 Å². The highest BCUT2D eigenvalue weighted by Gasteiger charge is 2.20. The van der Waals surface area contributed by atoms with E-state index in [-0.39, 0.29) is 10.6 Å². The van der Waals surface area contributed by atoms with Crippen molar-refractivity contribution < 1.29 is 14.3 Å². The van der Waals surface area contributed by atoms with Gasteiger partial charge < -0.3 is 16.2 Å². The van der Waals surface area contributed by atoms with Crippen molar-refractivity contribution in [1.82, 2.24) is 5.32 Å². The molecule has 0 saturated carbocycles. The first kappa shape index (κ1) is 14.9. The van der Waals surface area contributed by atoms with E-state index in [0.717, 1.165) is 17.7 Å². The van der Waals surface area contributed by atoms with Crippen LogP contribution in [0.25, 0.3) is 0 Å². The average Bonchev–Trinajstić information content (AvgIpc) is 2.45. The summed E-state index contributed by atoms with van der Waals surface area (Å²) in [6.45, 7) is 0. The van der Waals surface area contributed by atoms with Gasteiger partial charge in [-0.25, -0.2) is 4.39 Å². The van der Waals surface area contributed by atoms with Crippen molar-refractivity contribution >= 4 is 23.1 Å². The summed E-state index contributed by atoms with van der Waals surface area (Å²) < 4.78 is 12.9. The molecule has 0 aromatic heterocycles. The molecule has 0 aliphatic rings. The lowest BCUT2D eigenvalue weighted by Crippen LogP contribution is -2.36. The number of nitrogens with two attached hydrogens (primary N) is 1.